The summed E-state index contributed by atoms with van der Waals surface area (Å²) in [6.07, 6.45) is 0. The number of hydrogen-bond acceptors (Lipinski definition) is 6. The Morgan fingerprint density at radius 2 is 1.65 bits per heavy atom. The SMILES string of the molecule is O=[N+]([O-])c1ccccc1S(=O)(=O)c1cc(O)ccc1O. The molecule has 0 heterocycles. The summed E-state index contributed by atoms with van der Waals surface area (Å²) >= 11 is 0. The molecule has 2 aromatic rings. The van der Waals surface area contributed by atoms with Crippen LogP contribution in [-0.4, -0.2) is 23.6 Å². The molecule has 0 spiro atoms. The Balaban J connectivity index is 2.74. The van der Waals surface area contributed by atoms with Crippen molar-refractivity contribution in [3.8, 4) is 11.5 Å². The highest BCUT2D eigenvalue weighted by molar-refractivity contribution is 7.91. The second-order valence-corrected chi connectivity index (χ2v) is 5.77. The Kier molecular flexibility index (Phi) is 3.33. The standard InChI is InChI=1S/C12H9NO6S/c14-8-5-6-10(15)12(7-8)20(18,19)11-4-2-1-3-9(11)13(16)17/h1-7,14-15H. The normalized spacial score (nSPS) is 11.2. The zero-order chi connectivity index (χ0) is 14.9. The van der Waals surface area contributed by atoms with E-state index in [1.165, 1.54) is 12.1 Å². The van der Waals surface area contributed by atoms with E-state index < -0.39 is 36.0 Å². The first-order chi connectivity index (χ1) is 9.34. The lowest BCUT2D eigenvalue weighted by molar-refractivity contribution is -0.387. The van der Waals surface area contributed by atoms with Crippen LogP contribution in [0.15, 0.2) is 52.3 Å². The zero-order valence-corrected chi connectivity index (χ0v) is 10.7. The predicted octanol–water partition coefficient (Wildman–Crippen LogP) is 1.84. The van der Waals surface area contributed by atoms with Gasteiger partial charge in [0.1, 0.15) is 21.3 Å². The number of nitrogens with zero attached hydrogens (tertiary/aromatic N) is 1. The number of sulfone groups is 1. The van der Waals surface area contributed by atoms with E-state index in [0.717, 1.165) is 30.3 Å². The molecule has 104 valence electrons. The summed E-state index contributed by atoms with van der Waals surface area (Å²) < 4.78 is 24.7. The lowest BCUT2D eigenvalue weighted by atomic mass is 10.3. The monoisotopic (exact) mass is 295 g/mol. The number of para-hydroxylation sites is 1. The van der Waals surface area contributed by atoms with E-state index >= 15 is 0 Å². The maximum absolute atomic E-state index is 12.4. The van der Waals surface area contributed by atoms with E-state index in [-0.39, 0.29) is 5.75 Å². The van der Waals surface area contributed by atoms with Crippen LogP contribution in [0.4, 0.5) is 5.69 Å². The van der Waals surface area contributed by atoms with E-state index in [2.05, 4.69) is 0 Å². The number of phenolic OH excluding ortho intramolecular Hbond substituents is 2. The van der Waals surface area contributed by atoms with Gasteiger partial charge in [-0.05, 0) is 18.2 Å². The fraction of sp³-hybridized carbons (Fsp3) is 0. The van der Waals surface area contributed by atoms with E-state index in [1.54, 1.807) is 0 Å². The van der Waals surface area contributed by atoms with Gasteiger partial charge in [-0.2, -0.15) is 0 Å². The van der Waals surface area contributed by atoms with Crippen LogP contribution in [-0.2, 0) is 9.84 Å². The number of rotatable bonds is 3. The average Bonchev–Trinajstić information content (AvgIpc) is 2.41. The fourth-order valence-electron chi connectivity index (χ4n) is 1.67. The summed E-state index contributed by atoms with van der Waals surface area (Å²) in [6, 6.07) is 7.72. The number of benzene rings is 2. The van der Waals surface area contributed by atoms with Gasteiger partial charge < -0.3 is 10.2 Å². The Hall–Kier alpha value is -2.61. The summed E-state index contributed by atoms with van der Waals surface area (Å²) in [4.78, 5) is 8.91. The van der Waals surface area contributed by atoms with Gasteiger partial charge in [-0.15, -0.1) is 0 Å². The van der Waals surface area contributed by atoms with E-state index in [4.69, 9.17) is 0 Å². The molecule has 0 amide bonds. The lowest BCUT2D eigenvalue weighted by Gasteiger charge is -2.07. The van der Waals surface area contributed by atoms with Crippen LogP contribution in [0.5, 0.6) is 11.5 Å². The Morgan fingerprint density at radius 3 is 2.30 bits per heavy atom. The quantitative estimate of drug-likeness (QED) is 0.506. The summed E-state index contributed by atoms with van der Waals surface area (Å²) in [5, 5.41) is 29.8. The Morgan fingerprint density at radius 1 is 1.00 bits per heavy atom. The third-order valence-corrected chi connectivity index (χ3v) is 4.41. The van der Waals surface area contributed by atoms with Crippen molar-refractivity contribution in [2.75, 3.05) is 0 Å². The van der Waals surface area contributed by atoms with Crippen molar-refractivity contribution in [3.05, 3.63) is 52.6 Å². The molecule has 0 atom stereocenters. The van der Waals surface area contributed by atoms with Crippen molar-refractivity contribution in [1.29, 1.82) is 0 Å². The van der Waals surface area contributed by atoms with E-state index in [0.29, 0.717) is 0 Å². The molecule has 8 heteroatoms. The van der Waals surface area contributed by atoms with Gasteiger partial charge in [-0.25, -0.2) is 8.42 Å². The third kappa shape index (κ3) is 2.28. The van der Waals surface area contributed by atoms with Gasteiger partial charge in [0, 0.05) is 12.1 Å². The number of phenols is 2. The van der Waals surface area contributed by atoms with Gasteiger partial charge in [0.25, 0.3) is 5.69 Å². The largest absolute Gasteiger partial charge is 0.508 e. The molecule has 0 unspecified atom stereocenters. The molecule has 2 N–H and O–H groups in total. The first-order valence-electron chi connectivity index (χ1n) is 5.34. The molecule has 2 rings (SSSR count). The van der Waals surface area contributed by atoms with Crippen molar-refractivity contribution >= 4 is 15.5 Å². The molecule has 0 aliphatic rings. The topological polar surface area (TPSA) is 118 Å². The number of hydrogen-bond donors (Lipinski definition) is 2. The molecular formula is C12H9NO6S. The van der Waals surface area contributed by atoms with Crippen molar-refractivity contribution in [1.82, 2.24) is 0 Å². The van der Waals surface area contributed by atoms with Gasteiger partial charge in [-0.3, -0.25) is 10.1 Å². The van der Waals surface area contributed by atoms with Crippen molar-refractivity contribution in [3.63, 3.8) is 0 Å². The van der Waals surface area contributed by atoms with Crippen molar-refractivity contribution in [2.24, 2.45) is 0 Å². The average molecular weight is 295 g/mol. The van der Waals surface area contributed by atoms with Crippen LogP contribution < -0.4 is 0 Å². The van der Waals surface area contributed by atoms with Crippen LogP contribution in [0, 0.1) is 10.1 Å². The molecule has 0 bridgehead atoms. The maximum Gasteiger partial charge on any atom is 0.288 e. The molecule has 0 saturated heterocycles. The molecule has 0 radical (unpaired) electrons. The second kappa shape index (κ2) is 4.82. The number of aromatic hydroxyl groups is 2. The van der Waals surface area contributed by atoms with Crippen molar-refractivity contribution < 1.29 is 23.6 Å². The second-order valence-electron chi connectivity index (χ2n) is 3.88. The number of nitro benzene ring substituents is 1. The zero-order valence-electron chi connectivity index (χ0n) is 9.92. The van der Waals surface area contributed by atoms with Crippen molar-refractivity contribution in [2.45, 2.75) is 9.79 Å². The van der Waals surface area contributed by atoms with Gasteiger partial charge in [-0.1, -0.05) is 12.1 Å². The highest BCUT2D eigenvalue weighted by atomic mass is 32.2. The maximum atomic E-state index is 12.4. The molecule has 20 heavy (non-hydrogen) atoms. The molecule has 2 aromatic carbocycles. The molecule has 7 nitrogen and oxygen atoms in total. The van der Waals surface area contributed by atoms with E-state index in [1.807, 2.05) is 0 Å². The van der Waals surface area contributed by atoms with Gasteiger partial charge in [0.15, 0.2) is 0 Å². The summed E-state index contributed by atoms with van der Waals surface area (Å²) in [6.45, 7) is 0. The highest BCUT2D eigenvalue weighted by Gasteiger charge is 2.29. The predicted molar refractivity (Wildman–Crippen MR) is 68.3 cm³/mol. The lowest BCUT2D eigenvalue weighted by Crippen LogP contribution is -2.05. The first kappa shape index (κ1) is 13.8. The molecule has 0 aliphatic carbocycles. The van der Waals surface area contributed by atoms with Crippen LogP contribution in [0.2, 0.25) is 0 Å². The molecular weight excluding hydrogens is 286 g/mol. The minimum atomic E-state index is -4.32. The third-order valence-electron chi connectivity index (χ3n) is 2.58. The molecule has 0 aliphatic heterocycles. The fourth-order valence-corrected chi connectivity index (χ4v) is 3.20. The summed E-state index contributed by atoms with van der Waals surface area (Å²) in [5.41, 5.74) is -0.602. The first-order valence-corrected chi connectivity index (χ1v) is 6.83. The molecule has 0 saturated carbocycles. The van der Waals surface area contributed by atoms with Crippen LogP contribution in [0.3, 0.4) is 0 Å². The smallest absolute Gasteiger partial charge is 0.288 e. The van der Waals surface area contributed by atoms with Crippen LogP contribution in [0.1, 0.15) is 0 Å². The van der Waals surface area contributed by atoms with Crippen LogP contribution in [0.25, 0.3) is 0 Å². The minimum absolute atomic E-state index is 0.375. The molecule has 0 fully saturated rings. The van der Waals surface area contributed by atoms with E-state index in [9.17, 15) is 28.7 Å². The van der Waals surface area contributed by atoms with Gasteiger partial charge in [0.05, 0.1) is 4.92 Å². The van der Waals surface area contributed by atoms with Gasteiger partial charge in [0.2, 0.25) is 9.84 Å². The van der Waals surface area contributed by atoms with Gasteiger partial charge >= 0.3 is 0 Å². The van der Waals surface area contributed by atoms with Crippen LogP contribution >= 0.6 is 0 Å². The molecule has 0 aromatic heterocycles. The Labute approximate surface area is 113 Å². The summed E-state index contributed by atoms with van der Waals surface area (Å²) in [7, 11) is -4.32. The highest BCUT2D eigenvalue weighted by Crippen LogP contribution is 2.35. The number of nitro groups is 1. The summed E-state index contributed by atoms with van der Waals surface area (Å²) in [5.74, 6) is -0.971. The Bertz CT molecular complexity index is 784. The minimum Gasteiger partial charge on any atom is -0.508 e.